The molecule has 0 aromatic carbocycles. The second-order valence-electron chi connectivity index (χ2n) is 7.29. The van der Waals surface area contributed by atoms with Crippen LogP contribution in [0.2, 0.25) is 0 Å². The van der Waals surface area contributed by atoms with Crippen LogP contribution in [0.1, 0.15) is 32.0 Å². The Kier molecular flexibility index (Phi) is 4.90. The average molecular weight is 320 g/mol. The topological polar surface area (TPSA) is 79.2 Å². The van der Waals surface area contributed by atoms with Gasteiger partial charge >= 0.3 is 6.03 Å². The summed E-state index contributed by atoms with van der Waals surface area (Å²) in [5.41, 5.74) is 0. The molecule has 128 valence electrons. The van der Waals surface area contributed by atoms with Gasteiger partial charge in [-0.3, -0.25) is 0 Å². The van der Waals surface area contributed by atoms with Crippen LogP contribution in [0.3, 0.4) is 0 Å². The summed E-state index contributed by atoms with van der Waals surface area (Å²) in [4.78, 5) is 16.4. The predicted octanol–water partition coefficient (Wildman–Crippen LogP) is 1.53. The lowest BCUT2D eigenvalue weighted by Gasteiger charge is -2.30. The van der Waals surface area contributed by atoms with Crippen molar-refractivity contribution in [3.8, 4) is 0 Å². The highest BCUT2D eigenvalue weighted by Gasteiger charge is 2.47. The number of aliphatic hydroxyl groups excluding tert-OH is 1. The Morgan fingerprint density at radius 3 is 2.96 bits per heavy atom. The monoisotopic (exact) mass is 320 g/mol. The quantitative estimate of drug-likeness (QED) is 0.744. The van der Waals surface area contributed by atoms with Gasteiger partial charge in [0.1, 0.15) is 5.82 Å². The van der Waals surface area contributed by atoms with Crippen molar-refractivity contribution < 1.29 is 9.90 Å². The van der Waals surface area contributed by atoms with Crippen molar-refractivity contribution in [2.24, 2.45) is 23.7 Å². The van der Waals surface area contributed by atoms with Crippen LogP contribution in [-0.4, -0.2) is 39.9 Å². The standard InChI is InChI=1S/C17H28N4O2/c1-11(9-21-6-5-18-12(21)2)8-19-17(23)20-16-14-4-3-13(7-14)15(16)10-22/h5-6,11,13-16,22H,3-4,7-10H2,1-2H3,(H2,19,20,23). The van der Waals surface area contributed by atoms with Crippen LogP contribution in [0, 0.1) is 30.6 Å². The molecule has 3 rings (SSSR count). The summed E-state index contributed by atoms with van der Waals surface area (Å²) >= 11 is 0. The Morgan fingerprint density at radius 1 is 1.48 bits per heavy atom. The highest BCUT2D eigenvalue weighted by Crippen LogP contribution is 2.48. The summed E-state index contributed by atoms with van der Waals surface area (Å²) in [5.74, 6) is 2.72. The van der Waals surface area contributed by atoms with E-state index in [0.29, 0.717) is 24.3 Å². The molecule has 1 aromatic rings. The van der Waals surface area contributed by atoms with Gasteiger partial charge in [-0.25, -0.2) is 9.78 Å². The van der Waals surface area contributed by atoms with Crippen molar-refractivity contribution in [3.05, 3.63) is 18.2 Å². The minimum absolute atomic E-state index is 0.102. The molecule has 2 saturated carbocycles. The Hall–Kier alpha value is -1.56. The summed E-state index contributed by atoms with van der Waals surface area (Å²) in [5, 5.41) is 15.7. The number of aromatic nitrogens is 2. The van der Waals surface area contributed by atoms with Gasteiger partial charge in [-0.1, -0.05) is 6.92 Å². The third kappa shape index (κ3) is 3.52. The van der Waals surface area contributed by atoms with E-state index in [-0.39, 0.29) is 24.6 Å². The van der Waals surface area contributed by atoms with Crippen molar-refractivity contribution in [2.75, 3.05) is 13.2 Å². The predicted molar refractivity (Wildman–Crippen MR) is 87.9 cm³/mol. The fraction of sp³-hybridized carbons (Fsp3) is 0.765. The van der Waals surface area contributed by atoms with Gasteiger partial charge in [0.15, 0.2) is 0 Å². The molecule has 1 heterocycles. The fourth-order valence-corrected chi connectivity index (χ4v) is 4.36. The van der Waals surface area contributed by atoms with E-state index in [1.54, 1.807) is 6.20 Å². The van der Waals surface area contributed by atoms with Crippen LogP contribution in [0.5, 0.6) is 0 Å². The SMILES string of the molecule is Cc1nccn1CC(C)CNC(=O)NC1C2CCC(C2)C1CO. The average Bonchev–Trinajstić information content (AvgIpc) is 3.22. The highest BCUT2D eigenvalue weighted by atomic mass is 16.3. The second-order valence-corrected chi connectivity index (χ2v) is 7.29. The van der Waals surface area contributed by atoms with Gasteiger partial charge in [-0.15, -0.1) is 0 Å². The van der Waals surface area contributed by atoms with E-state index in [1.807, 2.05) is 13.1 Å². The maximum absolute atomic E-state index is 12.2. The normalized spacial score (nSPS) is 30.4. The van der Waals surface area contributed by atoms with Gasteiger partial charge < -0.3 is 20.3 Å². The van der Waals surface area contributed by atoms with E-state index in [0.717, 1.165) is 18.8 Å². The Bertz CT molecular complexity index is 544. The summed E-state index contributed by atoms with van der Waals surface area (Å²) in [7, 11) is 0. The van der Waals surface area contributed by atoms with Gasteiger partial charge in [-0.05, 0) is 43.9 Å². The number of imidazole rings is 1. The number of carbonyl (C=O) groups excluding carboxylic acids is 1. The summed E-state index contributed by atoms with van der Waals surface area (Å²) in [6.45, 7) is 5.76. The van der Waals surface area contributed by atoms with E-state index in [9.17, 15) is 9.90 Å². The van der Waals surface area contributed by atoms with Gasteiger partial charge in [0.25, 0.3) is 0 Å². The maximum atomic E-state index is 12.2. The number of rotatable bonds is 6. The summed E-state index contributed by atoms with van der Waals surface area (Å²) in [6.07, 6.45) is 7.31. The van der Waals surface area contributed by atoms with Crippen LogP contribution in [-0.2, 0) is 6.54 Å². The molecule has 2 aliphatic carbocycles. The van der Waals surface area contributed by atoms with Crippen LogP contribution in [0.4, 0.5) is 4.79 Å². The first-order valence-electron chi connectivity index (χ1n) is 8.71. The van der Waals surface area contributed by atoms with Gasteiger partial charge in [0.2, 0.25) is 0 Å². The minimum atomic E-state index is -0.102. The lowest BCUT2D eigenvalue weighted by molar-refractivity contribution is 0.144. The number of aryl methyl sites for hydroxylation is 1. The zero-order valence-corrected chi connectivity index (χ0v) is 14.0. The molecule has 2 bridgehead atoms. The first-order chi connectivity index (χ1) is 11.1. The van der Waals surface area contributed by atoms with Crippen LogP contribution >= 0.6 is 0 Å². The molecule has 0 spiro atoms. The zero-order chi connectivity index (χ0) is 16.4. The van der Waals surface area contributed by atoms with Crippen LogP contribution in [0.25, 0.3) is 0 Å². The van der Waals surface area contributed by atoms with Crippen molar-refractivity contribution in [1.29, 1.82) is 0 Å². The number of fused-ring (bicyclic) bond motifs is 2. The number of urea groups is 1. The number of nitrogens with zero attached hydrogens (tertiary/aromatic N) is 2. The molecule has 6 nitrogen and oxygen atoms in total. The van der Waals surface area contributed by atoms with Crippen LogP contribution in [0.15, 0.2) is 12.4 Å². The number of carbonyl (C=O) groups is 1. The van der Waals surface area contributed by atoms with Gasteiger partial charge in [0, 0.05) is 44.0 Å². The van der Waals surface area contributed by atoms with Crippen molar-refractivity contribution in [2.45, 2.75) is 45.7 Å². The molecule has 1 aromatic heterocycles. The molecule has 0 radical (unpaired) electrons. The van der Waals surface area contributed by atoms with Crippen molar-refractivity contribution >= 4 is 6.03 Å². The first kappa shape index (κ1) is 16.3. The molecule has 0 aliphatic heterocycles. The molecule has 0 saturated heterocycles. The molecule has 2 amide bonds. The lowest BCUT2D eigenvalue weighted by Crippen LogP contribution is -2.49. The summed E-state index contributed by atoms with van der Waals surface area (Å²) < 4.78 is 2.10. The Morgan fingerprint density at radius 2 is 2.26 bits per heavy atom. The molecular weight excluding hydrogens is 292 g/mol. The Labute approximate surface area is 137 Å². The third-order valence-electron chi connectivity index (χ3n) is 5.64. The molecule has 2 aliphatic rings. The molecule has 23 heavy (non-hydrogen) atoms. The molecular formula is C17H28N4O2. The van der Waals surface area contributed by atoms with E-state index in [4.69, 9.17) is 0 Å². The largest absolute Gasteiger partial charge is 0.396 e. The number of aliphatic hydroxyl groups is 1. The maximum Gasteiger partial charge on any atom is 0.315 e. The third-order valence-corrected chi connectivity index (χ3v) is 5.64. The molecule has 2 fully saturated rings. The minimum Gasteiger partial charge on any atom is -0.396 e. The number of hydrogen-bond acceptors (Lipinski definition) is 3. The molecule has 6 heteroatoms. The van der Waals surface area contributed by atoms with Gasteiger partial charge in [-0.2, -0.15) is 0 Å². The number of amides is 2. The number of hydrogen-bond donors (Lipinski definition) is 3. The van der Waals surface area contributed by atoms with E-state index < -0.39 is 0 Å². The van der Waals surface area contributed by atoms with Crippen molar-refractivity contribution in [1.82, 2.24) is 20.2 Å². The Balaban J connectivity index is 1.44. The van der Waals surface area contributed by atoms with Crippen LogP contribution < -0.4 is 10.6 Å². The highest BCUT2D eigenvalue weighted by molar-refractivity contribution is 5.74. The molecule has 5 unspecified atom stereocenters. The zero-order valence-electron chi connectivity index (χ0n) is 14.0. The fourth-order valence-electron chi connectivity index (χ4n) is 4.36. The van der Waals surface area contributed by atoms with E-state index in [2.05, 4.69) is 27.1 Å². The first-order valence-corrected chi connectivity index (χ1v) is 8.71. The van der Waals surface area contributed by atoms with E-state index >= 15 is 0 Å². The summed E-state index contributed by atoms with van der Waals surface area (Å²) in [6, 6.07) is 0.0418. The van der Waals surface area contributed by atoms with Crippen molar-refractivity contribution in [3.63, 3.8) is 0 Å². The second kappa shape index (κ2) is 6.91. The molecule has 3 N–H and O–H groups in total. The smallest absolute Gasteiger partial charge is 0.315 e. The molecule has 5 atom stereocenters. The lowest BCUT2D eigenvalue weighted by atomic mass is 9.85. The van der Waals surface area contributed by atoms with E-state index in [1.165, 1.54) is 12.8 Å². The number of nitrogens with one attached hydrogen (secondary N) is 2. The van der Waals surface area contributed by atoms with Gasteiger partial charge in [0.05, 0.1) is 0 Å².